The summed E-state index contributed by atoms with van der Waals surface area (Å²) in [6, 6.07) is 4.79. The first-order valence-electron chi connectivity index (χ1n) is 7.36. The van der Waals surface area contributed by atoms with Gasteiger partial charge in [0.2, 0.25) is 0 Å². The van der Waals surface area contributed by atoms with Gasteiger partial charge < -0.3 is 9.31 Å². The number of aromatic amines is 1. The molecule has 0 spiro atoms. The molecule has 4 nitrogen and oxygen atoms in total. The molecule has 6 heteroatoms. The Morgan fingerprint density at radius 2 is 1.73 bits per heavy atom. The molecule has 1 fully saturated rings. The van der Waals surface area contributed by atoms with Crippen molar-refractivity contribution in [2.45, 2.75) is 45.8 Å². The SMILES string of the molecule is Cc1c[nH]nc1-c1cc(F)cc(B2OC(C)(C)C(C)(C)O2)c1. The van der Waals surface area contributed by atoms with Gasteiger partial charge in [0.25, 0.3) is 0 Å². The highest BCUT2D eigenvalue weighted by Crippen LogP contribution is 2.36. The molecule has 0 amide bonds. The summed E-state index contributed by atoms with van der Waals surface area (Å²) < 4.78 is 26.0. The van der Waals surface area contributed by atoms with Crippen LogP contribution in [0, 0.1) is 12.7 Å². The van der Waals surface area contributed by atoms with Crippen molar-refractivity contribution in [3.63, 3.8) is 0 Å². The molecular weight excluding hydrogens is 282 g/mol. The van der Waals surface area contributed by atoms with E-state index in [1.54, 1.807) is 6.20 Å². The second-order valence-electron chi connectivity index (χ2n) is 6.78. The standard InChI is InChI=1S/C16H20BFN2O2/c1-10-9-19-20-14(10)11-6-12(8-13(18)7-11)17-21-15(2,3)16(4,5)22-17/h6-9H,1-5H3,(H,19,20). The van der Waals surface area contributed by atoms with E-state index >= 15 is 0 Å². The molecule has 1 N–H and O–H groups in total. The zero-order valence-electron chi connectivity index (χ0n) is 13.5. The maximum Gasteiger partial charge on any atom is 0.494 e. The van der Waals surface area contributed by atoms with Crippen LogP contribution >= 0.6 is 0 Å². The topological polar surface area (TPSA) is 47.1 Å². The van der Waals surface area contributed by atoms with Gasteiger partial charge in [-0.2, -0.15) is 5.10 Å². The van der Waals surface area contributed by atoms with Crippen LogP contribution in [-0.4, -0.2) is 28.5 Å². The summed E-state index contributed by atoms with van der Waals surface area (Å²) >= 11 is 0. The number of hydrogen-bond acceptors (Lipinski definition) is 3. The highest BCUT2D eigenvalue weighted by atomic mass is 19.1. The first-order chi connectivity index (χ1) is 10.2. The van der Waals surface area contributed by atoms with Crippen LogP contribution in [0.15, 0.2) is 24.4 Å². The molecule has 2 heterocycles. The van der Waals surface area contributed by atoms with E-state index in [4.69, 9.17) is 9.31 Å². The molecule has 0 saturated carbocycles. The van der Waals surface area contributed by atoms with Gasteiger partial charge in [0.1, 0.15) is 5.82 Å². The normalized spacial score (nSPS) is 19.6. The molecule has 2 aromatic rings. The van der Waals surface area contributed by atoms with Crippen LogP contribution in [0.5, 0.6) is 0 Å². The third-order valence-corrected chi connectivity index (χ3v) is 4.55. The minimum absolute atomic E-state index is 0.329. The predicted octanol–water partition coefficient (Wildman–Crippen LogP) is 2.82. The molecule has 0 radical (unpaired) electrons. The third kappa shape index (κ3) is 2.46. The Morgan fingerprint density at radius 3 is 2.27 bits per heavy atom. The Labute approximate surface area is 130 Å². The average Bonchev–Trinajstić information content (AvgIpc) is 2.91. The smallest absolute Gasteiger partial charge is 0.399 e. The summed E-state index contributed by atoms with van der Waals surface area (Å²) in [5.41, 5.74) is 2.17. The van der Waals surface area contributed by atoms with Crippen LogP contribution in [0.3, 0.4) is 0 Å². The second kappa shape index (κ2) is 4.93. The summed E-state index contributed by atoms with van der Waals surface area (Å²) in [5, 5.41) is 6.97. The number of rotatable bonds is 2. The van der Waals surface area contributed by atoms with Crippen LogP contribution in [0.2, 0.25) is 0 Å². The van der Waals surface area contributed by atoms with Crippen molar-refractivity contribution in [2.75, 3.05) is 0 Å². The Balaban J connectivity index is 2.00. The predicted molar refractivity (Wildman–Crippen MR) is 84.4 cm³/mol. The maximum atomic E-state index is 14.0. The van der Waals surface area contributed by atoms with Gasteiger partial charge in [0.15, 0.2) is 0 Å². The Kier molecular flexibility index (Phi) is 3.42. The minimum atomic E-state index is -0.585. The van der Waals surface area contributed by atoms with Crippen LogP contribution in [0.25, 0.3) is 11.3 Å². The third-order valence-electron chi connectivity index (χ3n) is 4.55. The molecule has 0 bridgehead atoms. The first kappa shape index (κ1) is 15.2. The molecule has 1 aromatic carbocycles. The number of halogens is 1. The van der Waals surface area contributed by atoms with Gasteiger partial charge in [0, 0.05) is 11.8 Å². The summed E-state index contributed by atoms with van der Waals surface area (Å²) in [4.78, 5) is 0. The average molecular weight is 302 g/mol. The fourth-order valence-corrected chi connectivity index (χ4v) is 2.51. The Bertz CT molecular complexity index is 696. The van der Waals surface area contributed by atoms with Gasteiger partial charge >= 0.3 is 7.12 Å². The molecule has 1 aliphatic rings. The van der Waals surface area contributed by atoms with E-state index in [9.17, 15) is 4.39 Å². The highest BCUT2D eigenvalue weighted by Gasteiger charge is 2.51. The van der Waals surface area contributed by atoms with Crippen molar-refractivity contribution in [3.05, 3.63) is 35.8 Å². The van der Waals surface area contributed by atoms with Crippen molar-refractivity contribution in [1.82, 2.24) is 10.2 Å². The quantitative estimate of drug-likeness (QED) is 0.868. The van der Waals surface area contributed by atoms with E-state index in [1.165, 1.54) is 12.1 Å². The van der Waals surface area contributed by atoms with Crippen molar-refractivity contribution in [3.8, 4) is 11.3 Å². The maximum absolute atomic E-state index is 14.0. The molecule has 22 heavy (non-hydrogen) atoms. The number of aryl methyl sites for hydroxylation is 1. The van der Waals surface area contributed by atoms with Gasteiger partial charge in [0.05, 0.1) is 16.9 Å². The summed E-state index contributed by atoms with van der Waals surface area (Å²) in [5.74, 6) is -0.329. The van der Waals surface area contributed by atoms with E-state index in [-0.39, 0.29) is 5.82 Å². The number of aromatic nitrogens is 2. The molecule has 1 aliphatic heterocycles. The summed E-state index contributed by atoms with van der Waals surface area (Å²) in [6.45, 7) is 9.84. The fourth-order valence-electron chi connectivity index (χ4n) is 2.51. The van der Waals surface area contributed by atoms with Crippen LogP contribution in [0.4, 0.5) is 4.39 Å². The molecule has 116 valence electrons. The number of hydrogen-bond donors (Lipinski definition) is 1. The van der Waals surface area contributed by atoms with Crippen molar-refractivity contribution in [1.29, 1.82) is 0 Å². The Hall–Kier alpha value is -1.66. The minimum Gasteiger partial charge on any atom is -0.399 e. The van der Waals surface area contributed by atoms with Gasteiger partial charge in [-0.1, -0.05) is 6.07 Å². The molecular formula is C16H20BFN2O2. The zero-order chi connectivity index (χ0) is 16.1. The van der Waals surface area contributed by atoms with Crippen LogP contribution in [-0.2, 0) is 9.31 Å². The molecule has 1 aromatic heterocycles. The monoisotopic (exact) mass is 302 g/mol. The van der Waals surface area contributed by atoms with E-state index in [0.717, 1.165) is 11.3 Å². The number of benzene rings is 1. The second-order valence-corrected chi connectivity index (χ2v) is 6.78. The highest BCUT2D eigenvalue weighted by molar-refractivity contribution is 6.62. The lowest BCUT2D eigenvalue weighted by atomic mass is 9.78. The summed E-state index contributed by atoms with van der Waals surface area (Å²) in [7, 11) is -0.585. The lowest BCUT2D eigenvalue weighted by Crippen LogP contribution is -2.41. The van der Waals surface area contributed by atoms with E-state index in [1.807, 2.05) is 40.7 Å². The lowest BCUT2D eigenvalue weighted by Gasteiger charge is -2.32. The van der Waals surface area contributed by atoms with E-state index in [0.29, 0.717) is 11.0 Å². The van der Waals surface area contributed by atoms with E-state index < -0.39 is 18.3 Å². The zero-order valence-corrected chi connectivity index (χ0v) is 13.5. The van der Waals surface area contributed by atoms with Gasteiger partial charge in [-0.3, -0.25) is 5.10 Å². The van der Waals surface area contributed by atoms with E-state index in [2.05, 4.69) is 10.2 Å². The molecule has 1 saturated heterocycles. The number of nitrogens with zero attached hydrogens (tertiary/aromatic N) is 1. The van der Waals surface area contributed by atoms with Gasteiger partial charge in [-0.15, -0.1) is 0 Å². The first-order valence-corrected chi connectivity index (χ1v) is 7.36. The molecule has 0 unspecified atom stereocenters. The van der Waals surface area contributed by atoms with Crippen molar-refractivity contribution in [2.24, 2.45) is 0 Å². The number of H-pyrrole nitrogens is 1. The van der Waals surface area contributed by atoms with Crippen molar-refractivity contribution < 1.29 is 13.7 Å². The van der Waals surface area contributed by atoms with Crippen LogP contribution < -0.4 is 5.46 Å². The summed E-state index contributed by atoms with van der Waals surface area (Å²) in [6.07, 6.45) is 1.79. The van der Waals surface area contributed by atoms with Gasteiger partial charge in [-0.05, 0) is 57.8 Å². The fraction of sp³-hybridized carbons (Fsp3) is 0.438. The number of nitrogens with one attached hydrogen (secondary N) is 1. The largest absolute Gasteiger partial charge is 0.494 e. The molecule has 0 aliphatic carbocycles. The van der Waals surface area contributed by atoms with Gasteiger partial charge in [-0.25, -0.2) is 4.39 Å². The molecule has 0 atom stereocenters. The molecule has 3 rings (SSSR count). The Morgan fingerprint density at radius 1 is 1.09 bits per heavy atom. The van der Waals surface area contributed by atoms with Crippen molar-refractivity contribution >= 4 is 12.6 Å². The lowest BCUT2D eigenvalue weighted by molar-refractivity contribution is 0.00578. The van der Waals surface area contributed by atoms with Crippen LogP contribution in [0.1, 0.15) is 33.3 Å².